The zero-order valence-corrected chi connectivity index (χ0v) is 15.4. The summed E-state index contributed by atoms with van der Waals surface area (Å²) < 4.78 is 6.22. The van der Waals surface area contributed by atoms with E-state index in [0.717, 1.165) is 25.9 Å². The molecule has 1 aromatic carbocycles. The number of fused-ring (bicyclic) bond motifs is 2. The van der Waals surface area contributed by atoms with E-state index in [2.05, 4.69) is 53.5 Å². The summed E-state index contributed by atoms with van der Waals surface area (Å²) in [7, 11) is 0. The Balaban J connectivity index is 1.61. The number of allylic oxidation sites excluding steroid dienone is 2. The van der Waals surface area contributed by atoms with Gasteiger partial charge < -0.3 is 4.74 Å². The summed E-state index contributed by atoms with van der Waals surface area (Å²) in [4.78, 5) is 12.6. The molecule has 2 atom stereocenters. The van der Waals surface area contributed by atoms with Crippen LogP contribution < -0.4 is 0 Å². The smallest absolute Gasteiger partial charge is 0.135 e. The number of benzene rings is 1. The van der Waals surface area contributed by atoms with Gasteiger partial charge in [0, 0.05) is 19.0 Å². The molecule has 2 unspecified atom stereocenters. The molecule has 0 bridgehead atoms. The molecule has 0 saturated carbocycles. The molecule has 0 spiro atoms. The van der Waals surface area contributed by atoms with Crippen LogP contribution in [0.2, 0.25) is 0 Å². The number of likely N-dealkylation sites (tertiary alicyclic amines) is 1. The van der Waals surface area contributed by atoms with Crippen LogP contribution in [-0.2, 0) is 21.1 Å². The van der Waals surface area contributed by atoms with Crippen molar-refractivity contribution in [3.63, 3.8) is 0 Å². The summed E-state index contributed by atoms with van der Waals surface area (Å²) in [5.41, 5.74) is 5.71. The van der Waals surface area contributed by atoms with Crippen LogP contribution in [-0.4, -0.2) is 37.4 Å². The molecule has 1 fully saturated rings. The van der Waals surface area contributed by atoms with Gasteiger partial charge in [0.15, 0.2) is 0 Å². The number of rotatable bonds is 4. The van der Waals surface area contributed by atoms with E-state index >= 15 is 0 Å². The first-order chi connectivity index (χ1) is 12.9. The Morgan fingerprint density at radius 2 is 1.88 bits per heavy atom. The summed E-state index contributed by atoms with van der Waals surface area (Å²) in [6, 6.07) is 8.72. The molecule has 0 amide bonds. The lowest BCUT2D eigenvalue weighted by Crippen LogP contribution is -2.33. The first-order valence-electron chi connectivity index (χ1n) is 9.60. The van der Waals surface area contributed by atoms with Gasteiger partial charge in [0.05, 0.1) is 19.3 Å². The highest BCUT2D eigenvalue weighted by Crippen LogP contribution is 2.41. The highest BCUT2D eigenvalue weighted by molar-refractivity contribution is 5.75. The molecule has 26 heavy (non-hydrogen) atoms. The van der Waals surface area contributed by atoms with Gasteiger partial charge in [-0.2, -0.15) is 0 Å². The molecule has 2 aliphatic heterocycles. The van der Waals surface area contributed by atoms with Crippen molar-refractivity contribution in [3.05, 3.63) is 65.3 Å². The quantitative estimate of drug-likeness (QED) is 0.463. The highest BCUT2D eigenvalue weighted by atomic mass is 17.2. The molecule has 3 aliphatic rings. The Kier molecular flexibility index (Phi) is 5.65. The number of ether oxygens (including phenoxy) is 1. The maximum absolute atomic E-state index is 6.22. The van der Waals surface area contributed by atoms with Crippen molar-refractivity contribution in [2.45, 2.75) is 32.5 Å². The summed E-state index contributed by atoms with van der Waals surface area (Å²) in [6.45, 7) is 5.76. The van der Waals surface area contributed by atoms with Gasteiger partial charge in [0.2, 0.25) is 0 Å². The van der Waals surface area contributed by atoms with Crippen molar-refractivity contribution in [3.8, 4) is 0 Å². The molecule has 138 valence electrons. The van der Waals surface area contributed by atoms with Gasteiger partial charge in [-0.1, -0.05) is 54.1 Å². The van der Waals surface area contributed by atoms with Gasteiger partial charge in [0.25, 0.3) is 0 Å². The Hall–Kier alpha value is -1.72. The van der Waals surface area contributed by atoms with Crippen molar-refractivity contribution in [1.29, 1.82) is 0 Å². The zero-order valence-electron chi connectivity index (χ0n) is 15.4. The Labute approximate surface area is 155 Å². The molecule has 0 radical (unpaired) electrons. The lowest BCUT2D eigenvalue weighted by atomic mass is 9.80. The van der Waals surface area contributed by atoms with Crippen LogP contribution in [0.1, 0.15) is 30.9 Å². The molecule has 0 N–H and O–H groups in total. The Morgan fingerprint density at radius 1 is 1.08 bits per heavy atom. The lowest BCUT2D eigenvalue weighted by molar-refractivity contribution is -0.312. The largest absolute Gasteiger partial charge is 0.368 e. The highest BCUT2D eigenvalue weighted by Gasteiger charge is 2.31. The van der Waals surface area contributed by atoms with Crippen molar-refractivity contribution in [2.24, 2.45) is 5.92 Å². The fourth-order valence-corrected chi connectivity index (χ4v) is 4.12. The second kappa shape index (κ2) is 8.31. The molecule has 1 aliphatic carbocycles. The first-order valence-corrected chi connectivity index (χ1v) is 9.60. The maximum Gasteiger partial charge on any atom is 0.135 e. The summed E-state index contributed by atoms with van der Waals surface area (Å²) in [6.07, 6.45) is 11.0. The standard InChI is InChI=1S/C22H27NO3/c1-2-25-26-16-23-13-11-17(12-14-23)22-19-8-4-3-7-18(19)15-24-21-10-6-5-9-20(21)22/h3-10,20-21H,2,11-16H2,1H3. The first kappa shape index (κ1) is 17.7. The number of hydrogen-bond donors (Lipinski definition) is 0. The molecule has 1 aromatic rings. The summed E-state index contributed by atoms with van der Waals surface area (Å²) >= 11 is 0. The van der Waals surface area contributed by atoms with E-state index in [9.17, 15) is 0 Å². The SMILES string of the molecule is CCOOCN1CCC(=C2c3ccccc3COC3C=CC=CC23)CC1. The van der Waals surface area contributed by atoms with E-state index < -0.39 is 0 Å². The third-order valence-corrected chi connectivity index (χ3v) is 5.43. The van der Waals surface area contributed by atoms with E-state index in [1.165, 1.54) is 16.7 Å². The van der Waals surface area contributed by atoms with Gasteiger partial charge >= 0.3 is 0 Å². The number of nitrogens with zero attached hydrogens (tertiary/aromatic N) is 1. The Bertz CT molecular complexity index is 712. The minimum Gasteiger partial charge on any atom is -0.368 e. The van der Waals surface area contributed by atoms with E-state index in [0.29, 0.717) is 25.9 Å². The van der Waals surface area contributed by atoms with Gasteiger partial charge in [-0.05, 0) is 36.5 Å². The van der Waals surface area contributed by atoms with Crippen LogP contribution in [0.4, 0.5) is 0 Å². The molecule has 4 rings (SSSR count). The van der Waals surface area contributed by atoms with Crippen LogP contribution in [0.15, 0.2) is 54.1 Å². The summed E-state index contributed by atoms with van der Waals surface area (Å²) in [5.74, 6) is 0.310. The predicted octanol–water partition coefficient (Wildman–Crippen LogP) is 4.10. The third kappa shape index (κ3) is 3.69. The molecule has 1 saturated heterocycles. The predicted molar refractivity (Wildman–Crippen MR) is 102 cm³/mol. The molecule has 4 nitrogen and oxygen atoms in total. The number of hydrogen-bond acceptors (Lipinski definition) is 4. The summed E-state index contributed by atoms with van der Waals surface area (Å²) in [5, 5.41) is 0. The van der Waals surface area contributed by atoms with Crippen molar-refractivity contribution in [2.75, 3.05) is 26.4 Å². The fraction of sp³-hybridized carbons (Fsp3) is 0.455. The van der Waals surface area contributed by atoms with E-state index in [1.807, 2.05) is 6.92 Å². The monoisotopic (exact) mass is 353 g/mol. The van der Waals surface area contributed by atoms with Crippen LogP contribution in [0, 0.1) is 5.92 Å². The van der Waals surface area contributed by atoms with E-state index in [-0.39, 0.29) is 6.10 Å². The number of piperidine rings is 1. The zero-order chi connectivity index (χ0) is 17.8. The molecule has 0 aromatic heterocycles. The van der Waals surface area contributed by atoms with Crippen LogP contribution >= 0.6 is 0 Å². The lowest BCUT2D eigenvalue weighted by Gasteiger charge is -2.32. The maximum atomic E-state index is 6.22. The normalized spacial score (nSPS) is 25.7. The minimum atomic E-state index is 0.134. The van der Waals surface area contributed by atoms with Crippen LogP contribution in [0.25, 0.3) is 5.57 Å². The van der Waals surface area contributed by atoms with Crippen LogP contribution in [0.3, 0.4) is 0 Å². The second-order valence-corrected chi connectivity index (χ2v) is 7.02. The van der Waals surface area contributed by atoms with Gasteiger partial charge in [0.1, 0.15) is 6.73 Å². The topological polar surface area (TPSA) is 30.9 Å². The molecular weight excluding hydrogens is 326 g/mol. The van der Waals surface area contributed by atoms with E-state index in [4.69, 9.17) is 14.5 Å². The van der Waals surface area contributed by atoms with Crippen molar-refractivity contribution < 1.29 is 14.5 Å². The molecule has 4 heteroatoms. The Morgan fingerprint density at radius 3 is 2.73 bits per heavy atom. The van der Waals surface area contributed by atoms with Gasteiger partial charge in [-0.15, -0.1) is 0 Å². The van der Waals surface area contributed by atoms with Gasteiger partial charge in [-0.3, -0.25) is 4.90 Å². The van der Waals surface area contributed by atoms with Crippen LogP contribution in [0.5, 0.6) is 0 Å². The minimum absolute atomic E-state index is 0.134. The van der Waals surface area contributed by atoms with Gasteiger partial charge in [-0.25, -0.2) is 9.78 Å². The van der Waals surface area contributed by atoms with Crippen molar-refractivity contribution in [1.82, 2.24) is 4.90 Å². The molecular formula is C22H27NO3. The average Bonchev–Trinajstić information content (AvgIpc) is 2.86. The molecule has 2 heterocycles. The average molecular weight is 353 g/mol. The third-order valence-electron chi connectivity index (χ3n) is 5.43. The van der Waals surface area contributed by atoms with Crippen molar-refractivity contribution >= 4 is 5.57 Å². The fourth-order valence-electron chi connectivity index (χ4n) is 4.12. The second-order valence-electron chi connectivity index (χ2n) is 7.02. The van der Waals surface area contributed by atoms with E-state index in [1.54, 1.807) is 5.57 Å².